The van der Waals surface area contributed by atoms with E-state index in [-0.39, 0.29) is 10.8 Å². The highest BCUT2D eigenvalue weighted by Gasteiger charge is 2.30. The molecule has 1 aromatic carbocycles. The van der Waals surface area contributed by atoms with Gasteiger partial charge in [-0.15, -0.1) is 0 Å². The molecule has 0 fully saturated rings. The molecule has 34 heavy (non-hydrogen) atoms. The van der Waals surface area contributed by atoms with Gasteiger partial charge in [-0.05, 0) is 31.5 Å². The minimum Gasteiger partial charge on any atom is -0.378 e. The standard InChI is InChI=1S/C23H20ClF3N6O/c1-14-18(15(2)32(31-14)13-16-6-4-3-5-7-16)11-28-19-12-30-33(22(34)21(19)24)20-9-8-17(10-29-20)23(25,26)27/h3-10,12,28H,11,13H2,1-2H3. The maximum absolute atomic E-state index is 12.8. The average Bonchev–Trinajstić information content (AvgIpc) is 3.07. The Balaban J connectivity index is 1.52. The third kappa shape index (κ3) is 4.81. The summed E-state index contributed by atoms with van der Waals surface area (Å²) in [6.45, 7) is 4.86. The van der Waals surface area contributed by atoms with E-state index in [9.17, 15) is 18.0 Å². The summed E-state index contributed by atoms with van der Waals surface area (Å²) in [7, 11) is 0. The van der Waals surface area contributed by atoms with Gasteiger partial charge in [0.15, 0.2) is 5.82 Å². The maximum Gasteiger partial charge on any atom is 0.417 e. The Morgan fingerprint density at radius 1 is 1.06 bits per heavy atom. The first-order chi connectivity index (χ1) is 16.1. The number of benzene rings is 1. The Morgan fingerprint density at radius 3 is 2.44 bits per heavy atom. The van der Waals surface area contributed by atoms with Gasteiger partial charge in [-0.1, -0.05) is 41.9 Å². The van der Waals surface area contributed by atoms with Crippen LogP contribution in [0.2, 0.25) is 5.02 Å². The van der Waals surface area contributed by atoms with Gasteiger partial charge in [0.2, 0.25) is 0 Å². The van der Waals surface area contributed by atoms with Gasteiger partial charge < -0.3 is 5.32 Å². The molecule has 1 N–H and O–H groups in total. The quantitative estimate of drug-likeness (QED) is 0.423. The Morgan fingerprint density at radius 2 is 1.79 bits per heavy atom. The fourth-order valence-corrected chi connectivity index (χ4v) is 3.68. The van der Waals surface area contributed by atoms with Gasteiger partial charge in [0.05, 0.1) is 29.7 Å². The number of nitrogens with one attached hydrogen (secondary N) is 1. The van der Waals surface area contributed by atoms with Crippen LogP contribution in [-0.2, 0) is 19.3 Å². The lowest BCUT2D eigenvalue weighted by Crippen LogP contribution is -2.23. The summed E-state index contributed by atoms with van der Waals surface area (Å²) in [5.74, 6) is -0.0691. The maximum atomic E-state index is 12.8. The number of aromatic nitrogens is 5. The summed E-state index contributed by atoms with van der Waals surface area (Å²) < 4.78 is 41.0. The van der Waals surface area contributed by atoms with E-state index in [1.54, 1.807) is 0 Å². The molecule has 0 aliphatic carbocycles. The zero-order valence-corrected chi connectivity index (χ0v) is 19.0. The van der Waals surface area contributed by atoms with Crippen LogP contribution in [0.1, 0.15) is 28.1 Å². The summed E-state index contributed by atoms with van der Waals surface area (Å²) >= 11 is 6.25. The highest BCUT2D eigenvalue weighted by molar-refractivity contribution is 6.32. The Hall–Kier alpha value is -3.66. The number of rotatable bonds is 6. The van der Waals surface area contributed by atoms with Crippen LogP contribution in [-0.4, -0.2) is 24.5 Å². The first-order valence-corrected chi connectivity index (χ1v) is 10.6. The minimum atomic E-state index is -4.53. The zero-order chi connectivity index (χ0) is 24.5. The molecule has 3 heterocycles. The predicted molar refractivity (Wildman–Crippen MR) is 122 cm³/mol. The second kappa shape index (κ2) is 9.30. The van der Waals surface area contributed by atoms with Gasteiger partial charge >= 0.3 is 6.18 Å². The highest BCUT2D eigenvalue weighted by Crippen LogP contribution is 2.28. The van der Waals surface area contributed by atoms with Crippen molar-refractivity contribution in [3.63, 3.8) is 0 Å². The van der Waals surface area contributed by atoms with Crippen molar-refractivity contribution in [2.45, 2.75) is 33.1 Å². The molecule has 0 spiro atoms. The molecule has 0 bridgehead atoms. The van der Waals surface area contributed by atoms with Crippen molar-refractivity contribution >= 4 is 17.3 Å². The van der Waals surface area contributed by atoms with E-state index in [1.807, 2.05) is 48.9 Å². The number of alkyl halides is 3. The van der Waals surface area contributed by atoms with Gasteiger partial charge in [0, 0.05) is 24.0 Å². The van der Waals surface area contributed by atoms with Gasteiger partial charge in [0.1, 0.15) is 5.02 Å². The summed E-state index contributed by atoms with van der Waals surface area (Å²) in [5.41, 5.74) is 2.57. The van der Waals surface area contributed by atoms with Crippen LogP contribution in [0.25, 0.3) is 5.82 Å². The smallest absolute Gasteiger partial charge is 0.378 e. The number of hydrogen-bond donors (Lipinski definition) is 1. The highest BCUT2D eigenvalue weighted by atomic mass is 35.5. The Labute approximate surface area is 197 Å². The fraction of sp³-hybridized carbons (Fsp3) is 0.217. The molecule has 11 heteroatoms. The largest absolute Gasteiger partial charge is 0.417 e. The average molecular weight is 489 g/mol. The Bertz CT molecular complexity index is 1360. The molecule has 176 valence electrons. The summed E-state index contributed by atoms with van der Waals surface area (Å²) in [6.07, 6.45) is -2.55. The van der Waals surface area contributed by atoms with E-state index in [0.717, 1.165) is 39.3 Å². The lowest BCUT2D eigenvalue weighted by atomic mass is 10.2. The van der Waals surface area contributed by atoms with Gasteiger partial charge in [-0.2, -0.15) is 28.1 Å². The first kappa shape index (κ1) is 23.5. The number of anilines is 1. The molecule has 3 aromatic heterocycles. The van der Waals surface area contributed by atoms with Crippen molar-refractivity contribution in [3.05, 3.63) is 98.3 Å². The first-order valence-electron chi connectivity index (χ1n) is 10.3. The van der Waals surface area contributed by atoms with E-state index >= 15 is 0 Å². The molecule has 0 unspecified atom stereocenters. The van der Waals surface area contributed by atoms with Crippen LogP contribution in [0.4, 0.5) is 18.9 Å². The number of nitrogens with zero attached hydrogens (tertiary/aromatic N) is 5. The molecule has 4 rings (SSSR count). The lowest BCUT2D eigenvalue weighted by Gasteiger charge is -2.11. The fourth-order valence-electron chi connectivity index (χ4n) is 3.48. The molecule has 4 aromatic rings. The van der Waals surface area contributed by atoms with Crippen LogP contribution >= 0.6 is 11.6 Å². The summed E-state index contributed by atoms with van der Waals surface area (Å²) in [5, 5.41) is 11.6. The molecule has 0 saturated heterocycles. The summed E-state index contributed by atoms with van der Waals surface area (Å²) in [6, 6.07) is 11.9. The molecule has 0 saturated carbocycles. The molecule has 0 atom stereocenters. The number of halogens is 4. The predicted octanol–water partition coefficient (Wildman–Crippen LogP) is 4.77. The van der Waals surface area contributed by atoms with Crippen molar-refractivity contribution in [2.75, 3.05) is 5.32 Å². The molecule has 0 amide bonds. The molecule has 0 radical (unpaired) electrons. The number of hydrogen-bond acceptors (Lipinski definition) is 5. The van der Waals surface area contributed by atoms with E-state index in [2.05, 4.69) is 20.5 Å². The van der Waals surface area contributed by atoms with Gasteiger partial charge in [0.25, 0.3) is 5.56 Å². The molecule has 0 aliphatic rings. The third-order valence-electron chi connectivity index (χ3n) is 5.37. The normalized spacial score (nSPS) is 11.6. The van der Waals surface area contributed by atoms with E-state index in [4.69, 9.17) is 11.6 Å². The van der Waals surface area contributed by atoms with Crippen molar-refractivity contribution in [1.82, 2.24) is 24.5 Å². The van der Waals surface area contributed by atoms with Gasteiger partial charge in [-0.25, -0.2) is 4.98 Å². The zero-order valence-electron chi connectivity index (χ0n) is 18.3. The van der Waals surface area contributed by atoms with Crippen molar-refractivity contribution < 1.29 is 13.2 Å². The van der Waals surface area contributed by atoms with Crippen molar-refractivity contribution in [1.29, 1.82) is 0 Å². The molecular weight excluding hydrogens is 469 g/mol. The van der Waals surface area contributed by atoms with E-state index in [1.165, 1.54) is 6.20 Å². The monoisotopic (exact) mass is 488 g/mol. The van der Waals surface area contributed by atoms with Gasteiger partial charge in [-0.3, -0.25) is 9.48 Å². The van der Waals surface area contributed by atoms with Crippen LogP contribution in [0, 0.1) is 13.8 Å². The summed E-state index contributed by atoms with van der Waals surface area (Å²) in [4.78, 5) is 16.4. The molecule has 0 aliphatic heterocycles. The second-order valence-corrected chi connectivity index (χ2v) is 8.02. The molecular formula is C23H20ClF3N6O. The second-order valence-electron chi connectivity index (χ2n) is 7.64. The van der Waals surface area contributed by atoms with Crippen LogP contribution in [0.5, 0.6) is 0 Å². The topological polar surface area (TPSA) is 77.6 Å². The van der Waals surface area contributed by atoms with E-state index in [0.29, 0.717) is 25.0 Å². The molecule has 7 nitrogen and oxygen atoms in total. The number of aryl methyl sites for hydroxylation is 1. The van der Waals surface area contributed by atoms with Crippen molar-refractivity contribution in [3.8, 4) is 5.82 Å². The number of pyridine rings is 1. The Kier molecular flexibility index (Phi) is 6.43. The van der Waals surface area contributed by atoms with Crippen LogP contribution < -0.4 is 10.9 Å². The SMILES string of the molecule is Cc1nn(Cc2ccccc2)c(C)c1CNc1cnn(-c2ccc(C(F)(F)F)cn2)c(=O)c1Cl. The third-order valence-corrected chi connectivity index (χ3v) is 5.74. The minimum absolute atomic E-state index is 0.0691. The van der Waals surface area contributed by atoms with E-state index < -0.39 is 17.3 Å². The van der Waals surface area contributed by atoms with Crippen LogP contribution in [0.15, 0.2) is 59.7 Å². The van der Waals surface area contributed by atoms with Crippen molar-refractivity contribution in [2.24, 2.45) is 0 Å². The van der Waals surface area contributed by atoms with Crippen LogP contribution in [0.3, 0.4) is 0 Å². The lowest BCUT2D eigenvalue weighted by molar-refractivity contribution is -0.137.